The van der Waals surface area contributed by atoms with Crippen molar-refractivity contribution in [2.24, 2.45) is 0 Å². The summed E-state index contributed by atoms with van der Waals surface area (Å²) in [5.74, 6) is -0.417. The number of nitrogens with one attached hydrogen (secondary N) is 1. The highest BCUT2D eigenvalue weighted by Crippen LogP contribution is 2.38. The summed E-state index contributed by atoms with van der Waals surface area (Å²) >= 11 is 0. The number of aliphatic hydroxyl groups is 2. The second kappa shape index (κ2) is 9.91. The summed E-state index contributed by atoms with van der Waals surface area (Å²) in [4.78, 5) is 21.4. The summed E-state index contributed by atoms with van der Waals surface area (Å²) in [6.07, 6.45) is -4.39. The van der Waals surface area contributed by atoms with Crippen molar-refractivity contribution in [1.29, 1.82) is 0 Å². The Bertz CT molecular complexity index is 1420. The summed E-state index contributed by atoms with van der Waals surface area (Å²) in [6.45, 7) is 2.68. The average molecular weight is 501 g/mol. The minimum absolute atomic E-state index is 0.0114. The molecule has 0 fully saturated rings. The van der Waals surface area contributed by atoms with E-state index in [0.29, 0.717) is 16.8 Å². The van der Waals surface area contributed by atoms with Crippen LogP contribution in [0.5, 0.6) is 5.88 Å². The summed E-state index contributed by atoms with van der Waals surface area (Å²) in [7, 11) is 0. The molecule has 12 heteroatoms. The van der Waals surface area contributed by atoms with Gasteiger partial charge in [-0.15, -0.1) is 0 Å². The lowest BCUT2D eigenvalue weighted by Gasteiger charge is -2.16. The summed E-state index contributed by atoms with van der Waals surface area (Å²) < 4.78 is 47.5. The highest BCUT2D eigenvalue weighted by molar-refractivity contribution is 6.03. The molecule has 0 saturated carbocycles. The number of halogens is 3. The van der Waals surface area contributed by atoms with Crippen molar-refractivity contribution in [3.05, 3.63) is 71.0 Å². The number of hydrogen-bond acceptors (Lipinski definition) is 7. The Hall–Kier alpha value is -4.03. The number of imidazole rings is 1. The lowest BCUT2D eigenvalue weighted by atomic mass is 9.99. The maximum atomic E-state index is 13.7. The van der Waals surface area contributed by atoms with Crippen molar-refractivity contribution in [1.82, 2.24) is 19.6 Å². The van der Waals surface area contributed by atoms with E-state index in [-0.39, 0.29) is 35.3 Å². The number of fused-ring (bicyclic) bond motifs is 1. The van der Waals surface area contributed by atoms with Crippen LogP contribution in [-0.4, -0.2) is 55.0 Å². The van der Waals surface area contributed by atoms with Gasteiger partial charge in [0.1, 0.15) is 18.5 Å². The van der Waals surface area contributed by atoms with Gasteiger partial charge in [-0.25, -0.2) is 9.50 Å². The fourth-order valence-electron chi connectivity index (χ4n) is 3.55. The van der Waals surface area contributed by atoms with Gasteiger partial charge in [0, 0.05) is 11.6 Å². The maximum absolute atomic E-state index is 13.7. The number of carbonyl (C=O) groups excluding carboxylic acids is 1. The number of aryl methyl sites for hydroxylation is 1. The van der Waals surface area contributed by atoms with E-state index < -0.39 is 30.4 Å². The molecule has 0 saturated heterocycles. The molecular weight excluding hydrogens is 479 g/mol. The van der Waals surface area contributed by atoms with Gasteiger partial charge in [0.05, 0.1) is 24.1 Å². The first kappa shape index (κ1) is 25.1. The molecule has 4 aromatic rings. The summed E-state index contributed by atoms with van der Waals surface area (Å²) in [5.41, 5.74) is 0.537. The van der Waals surface area contributed by atoms with Gasteiger partial charge in [0.2, 0.25) is 5.88 Å². The number of aromatic nitrogens is 4. The molecule has 0 radical (unpaired) electrons. The third-order valence-electron chi connectivity index (χ3n) is 5.51. The maximum Gasteiger partial charge on any atom is 0.417 e. The van der Waals surface area contributed by atoms with Gasteiger partial charge in [-0.3, -0.25) is 4.79 Å². The molecule has 1 atom stereocenters. The van der Waals surface area contributed by atoms with Crippen molar-refractivity contribution in [2.75, 3.05) is 18.5 Å². The molecule has 1 aromatic carbocycles. The number of anilines is 1. The standard InChI is InChI=1S/C24H22F3N5O4/c1-13-14(2)22-28-10-18(23(35)30-19-8-5-9-20(29-19)36-12-15(34)11-33)32(22)31-21(13)16-6-3-4-7-17(16)24(25,26)27/h3-10,15,33-34H,11-12H2,1-2H3,(H,29,30,35)/t15-/m1/s1. The number of carbonyl (C=O) groups is 1. The van der Waals surface area contributed by atoms with Crippen molar-refractivity contribution < 1.29 is 32.9 Å². The van der Waals surface area contributed by atoms with E-state index in [1.165, 1.54) is 41.0 Å². The van der Waals surface area contributed by atoms with E-state index in [1.807, 2.05) is 0 Å². The van der Waals surface area contributed by atoms with Gasteiger partial charge >= 0.3 is 6.18 Å². The van der Waals surface area contributed by atoms with Gasteiger partial charge in [-0.2, -0.15) is 23.3 Å². The number of amides is 1. The number of nitrogens with zero attached hydrogens (tertiary/aromatic N) is 4. The molecular formula is C24H22F3N5O4. The highest BCUT2D eigenvalue weighted by Gasteiger charge is 2.34. The fourth-order valence-corrected chi connectivity index (χ4v) is 3.55. The molecule has 0 spiro atoms. The van der Waals surface area contributed by atoms with Crippen LogP contribution in [0.4, 0.5) is 19.0 Å². The van der Waals surface area contributed by atoms with E-state index in [4.69, 9.17) is 9.84 Å². The topological polar surface area (TPSA) is 122 Å². The molecule has 0 unspecified atom stereocenters. The van der Waals surface area contributed by atoms with Crippen LogP contribution in [0.2, 0.25) is 0 Å². The summed E-state index contributed by atoms with van der Waals surface area (Å²) in [5, 5.41) is 25.3. The molecule has 9 nitrogen and oxygen atoms in total. The third kappa shape index (κ3) is 4.99. The molecule has 0 aliphatic heterocycles. The number of aliphatic hydroxyl groups excluding tert-OH is 2. The molecule has 1 amide bonds. The van der Waals surface area contributed by atoms with Crippen LogP contribution in [0, 0.1) is 13.8 Å². The minimum atomic E-state index is -4.59. The number of pyridine rings is 1. The average Bonchev–Trinajstić information content (AvgIpc) is 3.28. The third-order valence-corrected chi connectivity index (χ3v) is 5.51. The van der Waals surface area contributed by atoms with Crippen LogP contribution in [0.15, 0.2) is 48.7 Å². The van der Waals surface area contributed by atoms with Crippen LogP contribution in [0.1, 0.15) is 27.2 Å². The van der Waals surface area contributed by atoms with E-state index in [1.54, 1.807) is 19.9 Å². The lowest BCUT2D eigenvalue weighted by molar-refractivity contribution is -0.137. The zero-order valence-corrected chi connectivity index (χ0v) is 19.2. The predicted molar refractivity (Wildman–Crippen MR) is 124 cm³/mol. The van der Waals surface area contributed by atoms with E-state index in [0.717, 1.165) is 6.07 Å². The van der Waals surface area contributed by atoms with Crippen LogP contribution in [0.25, 0.3) is 16.9 Å². The van der Waals surface area contributed by atoms with Crippen LogP contribution >= 0.6 is 0 Å². The van der Waals surface area contributed by atoms with Crippen LogP contribution < -0.4 is 10.1 Å². The van der Waals surface area contributed by atoms with Gasteiger partial charge < -0.3 is 20.3 Å². The number of rotatable bonds is 7. The number of benzene rings is 1. The van der Waals surface area contributed by atoms with E-state index in [9.17, 15) is 23.1 Å². The van der Waals surface area contributed by atoms with E-state index in [2.05, 4.69) is 20.4 Å². The van der Waals surface area contributed by atoms with Gasteiger partial charge in [-0.05, 0) is 37.1 Å². The van der Waals surface area contributed by atoms with Crippen molar-refractivity contribution in [3.8, 4) is 17.1 Å². The van der Waals surface area contributed by atoms with Gasteiger partial charge in [-0.1, -0.05) is 24.3 Å². The SMILES string of the molecule is Cc1c(-c2ccccc2C(F)(F)F)nn2c(C(=O)Nc3cccc(OC[C@H](O)CO)n3)cnc2c1C. The highest BCUT2D eigenvalue weighted by atomic mass is 19.4. The lowest BCUT2D eigenvalue weighted by Crippen LogP contribution is -2.22. The molecule has 0 aliphatic rings. The quantitative estimate of drug-likeness (QED) is 0.355. The Morgan fingerprint density at radius 1 is 1.14 bits per heavy atom. The smallest absolute Gasteiger partial charge is 0.417 e. The largest absolute Gasteiger partial charge is 0.475 e. The molecule has 3 heterocycles. The van der Waals surface area contributed by atoms with Crippen molar-refractivity contribution in [3.63, 3.8) is 0 Å². The van der Waals surface area contributed by atoms with Gasteiger partial charge in [0.25, 0.3) is 5.91 Å². The van der Waals surface area contributed by atoms with E-state index >= 15 is 0 Å². The van der Waals surface area contributed by atoms with Crippen LogP contribution in [-0.2, 0) is 6.18 Å². The molecule has 36 heavy (non-hydrogen) atoms. The predicted octanol–water partition coefficient (Wildman–Crippen LogP) is 3.41. The Kier molecular flexibility index (Phi) is 6.91. The first-order valence-electron chi connectivity index (χ1n) is 10.8. The second-order valence-electron chi connectivity index (χ2n) is 7.98. The fraction of sp³-hybridized carbons (Fsp3) is 0.250. The number of hydrogen-bond donors (Lipinski definition) is 3. The molecule has 0 aliphatic carbocycles. The zero-order valence-electron chi connectivity index (χ0n) is 19.2. The molecule has 4 rings (SSSR count). The zero-order chi connectivity index (χ0) is 26.0. The first-order valence-corrected chi connectivity index (χ1v) is 10.8. The number of alkyl halides is 3. The normalized spacial score (nSPS) is 12.5. The Labute approximate surface area is 203 Å². The molecule has 3 N–H and O–H groups in total. The Morgan fingerprint density at radius 2 is 1.89 bits per heavy atom. The van der Waals surface area contributed by atoms with Crippen LogP contribution in [0.3, 0.4) is 0 Å². The van der Waals surface area contributed by atoms with Crippen molar-refractivity contribution in [2.45, 2.75) is 26.1 Å². The molecule has 188 valence electrons. The second-order valence-corrected chi connectivity index (χ2v) is 7.98. The first-order chi connectivity index (χ1) is 17.1. The monoisotopic (exact) mass is 501 g/mol. The Balaban J connectivity index is 1.70. The molecule has 3 aromatic heterocycles. The minimum Gasteiger partial charge on any atom is -0.475 e. The summed E-state index contributed by atoms with van der Waals surface area (Å²) in [6, 6.07) is 9.69. The number of ether oxygens (including phenoxy) is 1. The van der Waals surface area contributed by atoms with Gasteiger partial charge in [0.15, 0.2) is 11.3 Å². The molecule has 0 bridgehead atoms. The van der Waals surface area contributed by atoms with Crippen molar-refractivity contribution >= 4 is 17.4 Å². The Morgan fingerprint density at radius 3 is 2.61 bits per heavy atom.